The van der Waals surface area contributed by atoms with E-state index in [1.807, 2.05) is 6.08 Å². The van der Waals surface area contributed by atoms with Crippen LogP contribution in [0.25, 0.3) is 0 Å². The lowest BCUT2D eigenvalue weighted by Gasteiger charge is -2.40. The van der Waals surface area contributed by atoms with E-state index in [9.17, 15) is 35.1 Å². The second kappa shape index (κ2) is 71.9. The summed E-state index contributed by atoms with van der Waals surface area (Å²) in [6, 6.07) is -0.806. The minimum Gasteiger partial charge on any atom is -0.466 e. The molecule has 1 fully saturated rings. The predicted octanol–water partition coefficient (Wildman–Crippen LogP) is 22.3. The van der Waals surface area contributed by atoms with E-state index in [1.165, 1.54) is 315 Å². The highest BCUT2D eigenvalue weighted by Gasteiger charge is 2.44. The molecule has 0 spiro atoms. The predicted molar refractivity (Wildman–Crippen MR) is 398 cm³/mol. The summed E-state index contributed by atoms with van der Waals surface area (Å²) < 4.78 is 16.8. The number of allylic oxidation sites excluding steroid dienone is 7. The molecule has 1 heterocycles. The molecule has 94 heavy (non-hydrogen) atoms. The third-order valence-electron chi connectivity index (χ3n) is 19.4. The second-order valence-electron chi connectivity index (χ2n) is 28.5. The van der Waals surface area contributed by atoms with E-state index < -0.39 is 49.5 Å². The van der Waals surface area contributed by atoms with Crippen LogP contribution in [-0.4, -0.2) is 100 Å². The van der Waals surface area contributed by atoms with Gasteiger partial charge in [-0.05, 0) is 89.9 Å². The fourth-order valence-electron chi connectivity index (χ4n) is 13.0. The van der Waals surface area contributed by atoms with Crippen molar-refractivity contribution in [3.8, 4) is 0 Å². The number of rotatable bonds is 73. The van der Waals surface area contributed by atoms with Crippen LogP contribution >= 0.6 is 0 Å². The zero-order valence-electron chi connectivity index (χ0n) is 61.7. The first-order chi connectivity index (χ1) is 46.2. The molecule has 0 aromatic rings. The van der Waals surface area contributed by atoms with Gasteiger partial charge >= 0.3 is 5.97 Å². The number of esters is 1. The van der Waals surface area contributed by atoms with Crippen LogP contribution in [0.4, 0.5) is 0 Å². The van der Waals surface area contributed by atoms with Gasteiger partial charge in [-0.25, -0.2) is 0 Å². The van der Waals surface area contributed by atoms with Crippen LogP contribution in [0.3, 0.4) is 0 Å². The molecule has 1 aliphatic rings. The van der Waals surface area contributed by atoms with Gasteiger partial charge in [0.2, 0.25) is 5.91 Å². The van der Waals surface area contributed by atoms with Crippen LogP contribution in [0, 0.1) is 0 Å². The topological polar surface area (TPSA) is 175 Å². The molecule has 1 amide bonds. The molecule has 0 aromatic heterocycles. The lowest BCUT2D eigenvalue weighted by atomic mass is 9.99. The van der Waals surface area contributed by atoms with Crippen LogP contribution < -0.4 is 5.32 Å². The smallest absolute Gasteiger partial charge is 0.305 e. The summed E-state index contributed by atoms with van der Waals surface area (Å²) in [7, 11) is 0. The highest BCUT2D eigenvalue weighted by atomic mass is 16.7. The molecule has 0 saturated carbocycles. The number of carbonyl (C=O) groups is 2. The van der Waals surface area contributed by atoms with Gasteiger partial charge in [0.25, 0.3) is 0 Å². The number of amides is 1. The largest absolute Gasteiger partial charge is 0.466 e. The number of unbranched alkanes of at least 4 members (excludes halogenated alkanes) is 53. The summed E-state index contributed by atoms with van der Waals surface area (Å²) in [6.07, 6.45) is 86.0. The Kier molecular flexibility index (Phi) is 68.5. The number of hydrogen-bond acceptors (Lipinski definition) is 10. The van der Waals surface area contributed by atoms with Crippen LogP contribution in [0.2, 0.25) is 0 Å². The molecule has 0 radical (unpaired) electrons. The lowest BCUT2D eigenvalue weighted by molar-refractivity contribution is -0.302. The molecule has 11 heteroatoms. The number of aliphatic hydroxyl groups is 5. The summed E-state index contributed by atoms with van der Waals surface area (Å²) in [5.41, 5.74) is 0. The standard InChI is InChI=1S/C83H155NO10/c1-3-5-7-9-11-13-15-16-17-41-45-48-51-55-59-63-67-71-79(88)92-72-68-64-60-56-52-49-46-43-40-38-36-34-32-30-28-26-24-22-20-18-19-21-23-25-27-29-31-33-35-37-39-42-44-47-50-54-58-62-66-70-78(87)84-75(74-93-83-82(91)81(90)80(89)77(73-85)94-83)76(86)69-65-61-57-53-14-12-10-8-6-4-2/h11,13,16-19,65,69,75-77,80-83,85-86,89-91H,3-10,12,14-15,20-64,66-68,70-74H2,1-2H3,(H,84,87)/b13-11-,17-16-,19-18-,69-65+. The number of ether oxygens (including phenoxy) is 3. The monoisotopic (exact) mass is 1330 g/mol. The van der Waals surface area contributed by atoms with Crippen LogP contribution in [-0.2, 0) is 23.8 Å². The van der Waals surface area contributed by atoms with E-state index in [0.29, 0.717) is 19.4 Å². The second-order valence-corrected chi connectivity index (χ2v) is 28.5. The molecule has 6 N–H and O–H groups in total. The Morgan fingerprint density at radius 2 is 0.713 bits per heavy atom. The van der Waals surface area contributed by atoms with Gasteiger partial charge in [-0.1, -0.05) is 351 Å². The summed E-state index contributed by atoms with van der Waals surface area (Å²) in [6.45, 7) is 4.34. The zero-order chi connectivity index (χ0) is 67.9. The fourth-order valence-corrected chi connectivity index (χ4v) is 13.0. The van der Waals surface area contributed by atoms with Gasteiger partial charge in [0.1, 0.15) is 24.4 Å². The van der Waals surface area contributed by atoms with E-state index in [4.69, 9.17) is 14.2 Å². The van der Waals surface area contributed by atoms with Crippen molar-refractivity contribution in [2.75, 3.05) is 19.8 Å². The van der Waals surface area contributed by atoms with Gasteiger partial charge < -0.3 is 45.1 Å². The summed E-state index contributed by atoms with van der Waals surface area (Å²) in [5.74, 6) is -0.168. The average molecular weight is 1330 g/mol. The molecule has 11 nitrogen and oxygen atoms in total. The van der Waals surface area contributed by atoms with Crippen LogP contribution in [0.5, 0.6) is 0 Å². The Bertz CT molecular complexity index is 1700. The van der Waals surface area contributed by atoms with E-state index in [2.05, 4.69) is 55.6 Å². The van der Waals surface area contributed by atoms with E-state index in [-0.39, 0.29) is 18.5 Å². The molecule has 1 rings (SSSR count). The van der Waals surface area contributed by atoms with Gasteiger partial charge in [-0.15, -0.1) is 0 Å². The van der Waals surface area contributed by atoms with Crippen LogP contribution in [0.1, 0.15) is 406 Å². The van der Waals surface area contributed by atoms with Crippen molar-refractivity contribution in [2.45, 2.75) is 448 Å². The minimum absolute atomic E-state index is 0.00934. The third-order valence-corrected chi connectivity index (χ3v) is 19.4. The highest BCUT2D eigenvalue weighted by Crippen LogP contribution is 2.24. The van der Waals surface area contributed by atoms with Gasteiger partial charge in [0.05, 0.1) is 32.0 Å². The van der Waals surface area contributed by atoms with Gasteiger partial charge in [0.15, 0.2) is 6.29 Å². The summed E-state index contributed by atoms with van der Waals surface area (Å²) >= 11 is 0. The van der Waals surface area contributed by atoms with E-state index in [0.717, 1.165) is 64.2 Å². The molecule has 7 unspecified atom stereocenters. The fraction of sp³-hybridized carbons (Fsp3) is 0.880. The quantitative estimate of drug-likeness (QED) is 0.0195. The molecule has 0 aliphatic carbocycles. The third kappa shape index (κ3) is 59.7. The maximum atomic E-state index is 13.0. The van der Waals surface area contributed by atoms with Crippen molar-refractivity contribution < 1.29 is 49.3 Å². The Hall–Kier alpha value is -2.38. The molecule has 1 aliphatic heterocycles. The summed E-state index contributed by atoms with van der Waals surface area (Å²) in [5, 5.41) is 54.4. The first-order valence-electron chi connectivity index (χ1n) is 40.9. The molecule has 0 aromatic carbocycles. The van der Waals surface area contributed by atoms with Crippen molar-refractivity contribution in [3.63, 3.8) is 0 Å². The van der Waals surface area contributed by atoms with Crippen LogP contribution in [0.15, 0.2) is 48.6 Å². The number of nitrogens with one attached hydrogen (secondary N) is 1. The first kappa shape index (κ1) is 89.6. The maximum absolute atomic E-state index is 13.0. The number of carbonyl (C=O) groups excluding carboxylic acids is 2. The van der Waals surface area contributed by atoms with E-state index >= 15 is 0 Å². The number of aliphatic hydroxyl groups excluding tert-OH is 5. The Labute approximate surface area is 580 Å². The molecular formula is C83H155NO10. The number of hydrogen-bond donors (Lipinski definition) is 6. The van der Waals surface area contributed by atoms with Gasteiger partial charge in [-0.2, -0.15) is 0 Å². The average Bonchev–Trinajstić information content (AvgIpc) is 0.854. The van der Waals surface area contributed by atoms with Crippen molar-refractivity contribution >= 4 is 11.9 Å². The molecular weight excluding hydrogens is 1170 g/mol. The van der Waals surface area contributed by atoms with Crippen molar-refractivity contribution in [2.24, 2.45) is 0 Å². The first-order valence-corrected chi connectivity index (χ1v) is 40.9. The highest BCUT2D eigenvalue weighted by molar-refractivity contribution is 5.76. The van der Waals surface area contributed by atoms with Crippen molar-refractivity contribution in [1.82, 2.24) is 5.32 Å². The Balaban J connectivity index is 1.85. The molecule has 0 bridgehead atoms. The SMILES string of the molecule is CCCCC/C=C\C/C=C\CCCCCCCCCC(=O)OCCCCCCCCCCCCCCCCCCCC/C=C\CCCCCCCCCCCCCCCCCCCC(=O)NC(COC1OC(CO)C(O)C(O)C1O)C(O)/C=C/CCCCCCCCCC. The molecule has 1 saturated heterocycles. The van der Waals surface area contributed by atoms with Gasteiger partial charge in [-0.3, -0.25) is 9.59 Å². The Morgan fingerprint density at radius 3 is 1.11 bits per heavy atom. The Morgan fingerprint density at radius 1 is 0.394 bits per heavy atom. The lowest BCUT2D eigenvalue weighted by Crippen LogP contribution is -2.60. The zero-order valence-corrected chi connectivity index (χ0v) is 61.7. The molecule has 552 valence electrons. The van der Waals surface area contributed by atoms with Crippen molar-refractivity contribution in [3.05, 3.63) is 48.6 Å². The van der Waals surface area contributed by atoms with Crippen molar-refractivity contribution in [1.29, 1.82) is 0 Å². The van der Waals surface area contributed by atoms with Gasteiger partial charge in [0, 0.05) is 12.8 Å². The maximum Gasteiger partial charge on any atom is 0.305 e. The van der Waals surface area contributed by atoms with E-state index in [1.54, 1.807) is 6.08 Å². The normalized spacial score (nSPS) is 17.6. The minimum atomic E-state index is -1.57. The summed E-state index contributed by atoms with van der Waals surface area (Å²) in [4.78, 5) is 25.2. The molecule has 7 atom stereocenters.